The molecule has 0 aliphatic heterocycles. The molecule has 6 nitrogen and oxygen atoms in total. The average molecular weight is 532 g/mol. The number of amides is 1. The molecule has 38 heavy (non-hydrogen) atoms. The fraction of sp³-hybridized carbons (Fsp3) is 0.379. The number of carbonyl (C=O) groups is 2. The van der Waals surface area contributed by atoms with Crippen LogP contribution in [0.5, 0.6) is 0 Å². The van der Waals surface area contributed by atoms with E-state index in [0.717, 1.165) is 11.1 Å². The lowest BCUT2D eigenvalue weighted by molar-refractivity contribution is -0.276. The van der Waals surface area contributed by atoms with Gasteiger partial charge in [-0.1, -0.05) is 61.9 Å². The highest BCUT2D eigenvalue weighted by atomic mass is 19.4. The molecule has 0 heterocycles. The van der Waals surface area contributed by atoms with E-state index in [0.29, 0.717) is 16.7 Å². The number of allylic oxidation sites excluding steroid dienone is 2. The van der Waals surface area contributed by atoms with E-state index >= 15 is 0 Å². The molecule has 3 atom stereocenters. The van der Waals surface area contributed by atoms with Gasteiger partial charge >= 0.3 is 12.1 Å². The molecule has 0 bridgehead atoms. The Morgan fingerprint density at radius 2 is 1.66 bits per heavy atom. The largest absolute Gasteiger partial charge is 0.479 e. The van der Waals surface area contributed by atoms with Gasteiger partial charge < -0.3 is 20.3 Å². The molecule has 1 aliphatic carbocycles. The zero-order valence-electron chi connectivity index (χ0n) is 21.7. The number of alkyl halides is 3. The lowest BCUT2D eigenvalue weighted by Gasteiger charge is -2.41. The molecule has 3 rings (SSSR count). The van der Waals surface area contributed by atoms with Gasteiger partial charge in [0.1, 0.15) is 0 Å². The van der Waals surface area contributed by atoms with Gasteiger partial charge in [0.15, 0.2) is 11.7 Å². The fourth-order valence-electron chi connectivity index (χ4n) is 4.71. The van der Waals surface area contributed by atoms with Gasteiger partial charge in [0.25, 0.3) is 5.91 Å². The monoisotopic (exact) mass is 531 g/mol. The van der Waals surface area contributed by atoms with E-state index in [2.05, 4.69) is 5.32 Å². The number of ether oxygens (including phenoxy) is 1. The van der Waals surface area contributed by atoms with E-state index in [1.807, 2.05) is 30.3 Å². The van der Waals surface area contributed by atoms with E-state index < -0.39 is 42.4 Å². The van der Waals surface area contributed by atoms with E-state index in [1.165, 1.54) is 30.3 Å². The van der Waals surface area contributed by atoms with Crippen molar-refractivity contribution in [1.29, 1.82) is 0 Å². The number of hydrogen-bond acceptors (Lipinski definition) is 4. The lowest BCUT2D eigenvalue weighted by Crippen LogP contribution is -2.49. The Bertz CT molecular complexity index is 1220. The minimum Gasteiger partial charge on any atom is -0.479 e. The number of carboxylic acid groups (broad SMARTS) is 1. The first-order chi connectivity index (χ1) is 17.8. The first-order valence-corrected chi connectivity index (χ1v) is 12.2. The summed E-state index contributed by atoms with van der Waals surface area (Å²) in [6, 6.07) is 15.2. The maximum Gasteiger partial charge on any atom is 0.421 e. The Morgan fingerprint density at radius 3 is 2.16 bits per heavy atom. The fourth-order valence-corrected chi connectivity index (χ4v) is 4.71. The molecule has 3 N–H and O–H groups in total. The van der Waals surface area contributed by atoms with Crippen LogP contribution in [0.25, 0.3) is 5.57 Å². The maximum atomic E-state index is 14.7. The number of halogens is 3. The van der Waals surface area contributed by atoms with Crippen LogP contribution in [0.4, 0.5) is 13.2 Å². The van der Waals surface area contributed by atoms with Crippen molar-refractivity contribution < 1.29 is 37.7 Å². The minimum atomic E-state index is -4.68. The van der Waals surface area contributed by atoms with Crippen molar-refractivity contribution in [2.75, 3.05) is 6.54 Å². The highest BCUT2D eigenvalue weighted by Gasteiger charge is 2.57. The summed E-state index contributed by atoms with van der Waals surface area (Å²) in [5.41, 5.74) is 0.781. The summed E-state index contributed by atoms with van der Waals surface area (Å²) in [6.07, 6.45) is -6.54. The van der Waals surface area contributed by atoms with E-state index in [1.54, 1.807) is 27.7 Å². The molecule has 0 aromatic heterocycles. The Labute approximate surface area is 219 Å². The van der Waals surface area contributed by atoms with Gasteiger partial charge in [-0.25, -0.2) is 4.79 Å². The van der Waals surface area contributed by atoms with Gasteiger partial charge in [-0.15, -0.1) is 0 Å². The molecule has 3 unspecified atom stereocenters. The number of nitrogens with one attached hydrogen (secondary N) is 1. The van der Waals surface area contributed by atoms with Gasteiger partial charge in [0.2, 0.25) is 0 Å². The first kappa shape index (κ1) is 29.1. The van der Waals surface area contributed by atoms with E-state index in [4.69, 9.17) is 9.84 Å². The van der Waals surface area contributed by atoms with E-state index in [9.17, 15) is 27.9 Å². The second-order valence-corrected chi connectivity index (χ2v) is 9.88. The molecular weight excluding hydrogens is 499 g/mol. The van der Waals surface area contributed by atoms with Crippen molar-refractivity contribution in [2.45, 2.75) is 58.1 Å². The van der Waals surface area contributed by atoms with Crippen molar-refractivity contribution in [3.63, 3.8) is 0 Å². The third kappa shape index (κ3) is 6.34. The Balaban J connectivity index is 1.89. The van der Waals surface area contributed by atoms with Crippen LogP contribution in [0.3, 0.4) is 0 Å². The van der Waals surface area contributed by atoms with Crippen LogP contribution in [0.1, 0.15) is 61.7 Å². The van der Waals surface area contributed by atoms with Crippen LogP contribution in [0, 0.1) is 5.92 Å². The van der Waals surface area contributed by atoms with Gasteiger partial charge in [0, 0.05) is 12.0 Å². The molecule has 1 aliphatic rings. The molecule has 0 radical (unpaired) electrons. The van der Waals surface area contributed by atoms with Crippen LogP contribution in [0.15, 0.2) is 71.8 Å². The van der Waals surface area contributed by atoms with Gasteiger partial charge in [-0.3, -0.25) is 4.79 Å². The van der Waals surface area contributed by atoms with Crippen molar-refractivity contribution in [3.8, 4) is 0 Å². The van der Waals surface area contributed by atoms with Crippen LogP contribution < -0.4 is 5.32 Å². The van der Waals surface area contributed by atoms with Crippen molar-refractivity contribution >= 4 is 17.4 Å². The normalized spacial score (nSPS) is 19.7. The van der Waals surface area contributed by atoms with Crippen LogP contribution in [-0.4, -0.2) is 46.5 Å². The predicted molar refractivity (Wildman–Crippen MR) is 137 cm³/mol. The number of carboxylic acids is 1. The quantitative estimate of drug-likeness (QED) is 0.386. The average Bonchev–Trinajstić information content (AvgIpc) is 2.85. The molecule has 0 fully saturated rings. The Morgan fingerprint density at radius 1 is 1.05 bits per heavy atom. The van der Waals surface area contributed by atoms with Gasteiger partial charge in [-0.2, -0.15) is 13.2 Å². The molecule has 0 saturated carbocycles. The highest BCUT2D eigenvalue weighted by Crippen LogP contribution is 2.49. The zero-order valence-corrected chi connectivity index (χ0v) is 21.7. The molecule has 1 amide bonds. The SMILES string of the molecule is CC1=CC(OC(c2ccc(C(=O)NCC(O)C(=O)O)cc2)C(C)C)(C(F)(F)F)CC(C)=C1c1ccccc1. The summed E-state index contributed by atoms with van der Waals surface area (Å²) < 4.78 is 50.0. The smallest absolute Gasteiger partial charge is 0.421 e. The highest BCUT2D eigenvalue weighted by molar-refractivity contribution is 5.94. The topological polar surface area (TPSA) is 95.9 Å². The number of benzene rings is 2. The summed E-state index contributed by atoms with van der Waals surface area (Å²) in [5, 5.41) is 20.4. The van der Waals surface area contributed by atoms with Crippen molar-refractivity contribution in [2.24, 2.45) is 5.92 Å². The van der Waals surface area contributed by atoms with Gasteiger partial charge in [0.05, 0.1) is 12.6 Å². The summed E-state index contributed by atoms with van der Waals surface area (Å²) in [4.78, 5) is 23.0. The molecule has 0 spiro atoms. The molecule has 204 valence electrons. The van der Waals surface area contributed by atoms with Crippen LogP contribution >= 0.6 is 0 Å². The van der Waals surface area contributed by atoms with E-state index in [-0.39, 0.29) is 17.9 Å². The second-order valence-electron chi connectivity index (χ2n) is 9.88. The van der Waals surface area contributed by atoms with Gasteiger partial charge in [-0.05, 0) is 60.2 Å². The number of aliphatic hydroxyl groups is 1. The third-order valence-corrected chi connectivity index (χ3v) is 6.53. The molecule has 2 aromatic carbocycles. The van der Waals surface area contributed by atoms with Crippen molar-refractivity contribution in [3.05, 3.63) is 88.5 Å². The standard InChI is InChI=1S/C29H32F3NO5/c1-17(2)25(21-10-12-22(13-11-21)26(35)33-16-23(34)27(36)37)38-28(29(30,31)32)14-18(3)24(19(4)15-28)20-8-6-5-7-9-20/h5-14,17,23,25,34H,15-16H2,1-4H3,(H,33,35)(H,36,37). The van der Waals surface area contributed by atoms with Crippen LogP contribution in [0.2, 0.25) is 0 Å². The summed E-state index contributed by atoms with van der Waals surface area (Å²) in [7, 11) is 0. The Hall–Kier alpha value is -3.43. The van der Waals surface area contributed by atoms with Crippen LogP contribution in [-0.2, 0) is 9.53 Å². The molecule has 0 saturated heterocycles. The summed E-state index contributed by atoms with van der Waals surface area (Å²) in [6.45, 7) is 6.40. The second kappa shape index (κ2) is 11.5. The lowest BCUT2D eigenvalue weighted by atomic mass is 9.79. The number of carbonyl (C=O) groups excluding carboxylic acids is 1. The third-order valence-electron chi connectivity index (χ3n) is 6.53. The minimum absolute atomic E-state index is 0.166. The summed E-state index contributed by atoms with van der Waals surface area (Å²) >= 11 is 0. The number of aliphatic carboxylic acids is 1. The number of aliphatic hydroxyl groups excluding tert-OH is 1. The molecular formula is C29H32F3NO5. The first-order valence-electron chi connectivity index (χ1n) is 12.2. The molecule has 2 aromatic rings. The number of hydrogen-bond donors (Lipinski definition) is 3. The molecule has 9 heteroatoms. The predicted octanol–water partition coefficient (Wildman–Crippen LogP) is 5.70. The maximum absolute atomic E-state index is 14.7. The zero-order chi connectivity index (χ0) is 28.3. The number of rotatable bonds is 9. The summed E-state index contributed by atoms with van der Waals surface area (Å²) in [5.74, 6) is -2.41. The Kier molecular flexibility index (Phi) is 8.84. The van der Waals surface area contributed by atoms with Crippen molar-refractivity contribution in [1.82, 2.24) is 5.32 Å².